The molecule has 12 nitrogen and oxygen atoms in total. The summed E-state index contributed by atoms with van der Waals surface area (Å²) in [5.74, 6) is -1.82. The van der Waals surface area contributed by atoms with E-state index in [1.165, 1.54) is 54.6 Å². The second-order valence-corrected chi connectivity index (χ2v) is 14.1. The van der Waals surface area contributed by atoms with Gasteiger partial charge in [-0.05, 0) is 88.4 Å². The van der Waals surface area contributed by atoms with Gasteiger partial charge in [0.2, 0.25) is 5.88 Å². The Bertz CT molecular complexity index is 1800. The lowest BCUT2D eigenvalue weighted by atomic mass is 9.87. The number of nitrogens with zero attached hydrogens (tertiary/aromatic N) is 5. The van der Waals surface area contributed by atoms with Crippen LogP contribution in [0, 0.1) is 5.82 Å². The minimum Gasteiger partial charge on any atom is -0.497 e. The van der Waals surface area contributed by atoms with Gasteiger partial charge in [-0.25, -0.2) is 22.6 Å². The van der Waals surface area contributed by atoms with Crippen molar-refractivity contribution < 1.29 is 36.6 Å². The van der Waals surface area contributed by atoms with E-state index >= 15 is 4.39 Å². The largest absolute Gasteiger partial charge is 0.497 e. The van der Waals surface area contributed by atoms with Crippen LogP contribution in [-0.2, 0) is 25.2 Å². The fourth-order valence-electron chi connectivity index (χ4n) is 6.60. The molecule has 0 saturated carbocycles. The highest BCUT2D eigenvalue weighted by molar-refractivity contribution is 7.93. The van der Waals surface area contributed by atoms with Crippen molar-refractivity contribution in [3.8, 4) is 11.6 Å². The van der Waals surface area contributed by atoms with Gasteiger partial charge in [0.15, 0.2) is 0 Å². The summed E-state index contributed by atoms with van der Waals surface area (Å²) in [6.45, 7) is 5.65. The Hall–Kier alpha value is -3.98. The summed E-state index contributed by atoms with van der Waals surface area (Å²) in [6, 6.07) is 10.7. The SMILES string of the molecule is CCOc1ncccc1C1(OC(=O)N2CCN(C3CCN(C)CC3)CC2)C(=O)N(S(=O)(=O)c2ccc(OC)cc2)c2cc(Cl)c(F)cc21. The van der Waals surface area contributed by atoms with E-state index in [2.05, 4.69) is 21.8 Å². The molecule has 2 aromatic carbocycles. The van der Waals surface area contributed by atoms with Gasteiger partial charge in [0, 0.05) is 44.0 Å². The molecule has 0 bridgehead atoms. The number of carbonyl (C=O) groups excluding carboxylic acids is 2. The number of pyridine rings is 1. The summed E-state index contributed by atoms with van der Waals surface area (Å²) in [7, 11) is -1.14. The Morgan fingerprint density at radius 3 is 2.38 bits per heavy atom. The fourth-order valence-corrected chi connectivity index (χ4v) is 8.20. The lowest BCUT2D eigenvalue weighted by molar-refractivity contribution is -0.132. The van der Waals surface area contributed by atoms with Crippen molar-refractivity contribution in [2.24, 2.45) is 0 Å². The van der Waals surface area contributed by atoms with Crippen LogP contribution < -0.4 is 13.8 Å². The van der Waals surface area contributed by atoms with Crippen LogP contribution >= 0.6 is 11.6 Å². The first-order valence-corrected chi connectivity index (χ1v) is 17.5. The van der Waals surface area contributed by atoms with Gasteiger partial charge >= 0.3 is 6.09 Å². The van der Waals surface area contributed by atoms with E-state index in [1.807, 2.05) is 0 Å². The maximum atomic E-state index is 15.3. The zero-order valence-electron chi connectivity index (χ0n) is 26.9. The average Bonchev–Trinajstić information content (AvgIpc) is 3.32. The molecule has 0 aliphatic carbocycles. The van der Waals surface area contributed by atoms with Crippen LogP contribution in [0.25, 0.3) is 0 Å². The van der Waals surface area contributed by atoms with Crippen molar-refractivity contribution in [3.05, 3.63) is 76.7 Å². The summed E-state index contributed by atoms with van der Waals surface area (Å²) >= 11 is 6.19. The lowest BCUT2D eigenvalue weighted by Gasteiger charge is -2.42. The Balaban J connectivity index is 1.43. The average molecular weight is 702 g/mol. The summed E-state index contributed by atoms with van der Waals surface area (Å²) in [6.07, 6.45) is 2.61. The van der Waals surface area contributed by atoms with Crippen LogP contribution in [0.4, 0.5) is 14.9 Å². The van der Waals surface area contributed by atoms with Crippen molar-refractivity contribution in [1.82, 2.24) is 19.7 Å². The second kappa shape index (κ2) is 13.5. The van der Waals surface area contributed by atoms with Crippen molar-refractivity contribution in [2.75, 3.05) is 64.3 Å². The number of piperazine rings is 1. The predicted octanol–water partition coefficient (Wildman–Crippen LogP) is 4.11. The number of piperidine rings is 1. The number of anilines is 1. The van der Waals surface area contributed by atoms with Crippen molar-refractivity contribution >= 4 is 39.3 Å². The van der Waals surface area contributed by atoms with E-state index in [1.54, 1.807) is 6.92 Å². The number of carbonyl (C=O) groups is 2. The Morgan fingerprint density at radius 2 is 1.73 bits per heavy atom. The van der Waals surface area contributed by atoms with E-state index in [4.69, 9.17) is 25.8 Å². The number of methoxy groups -OCH3 is 1. The van der Waals surface area contributed by atoms with E-state index in [0.29, 0.717) is 42.3 Å². The number of ether oxygens (including phenoxy) is 3. The number of sulfonamides is 1. The third-order valence-corrected chi connectivity index (χ3v) is 11.2. The van der Waals surface area contributed by atoms with Gasteiger partial charge < -0.3 is 24.0 Å². The normalized spacial score (nSPS) is 20.9. The molecular formula is C33H37ClFN5O7S. The number of hydrogen-bond acceptors (Lipinski definition) is 10. The van der Waals surface area contributed by atoms with Crippen LogP contribution in [0.3, 0.4) is 0 Å². The summed E-state index contributed by atoms with van der Waals surface area (Å²) in [4.78, 5) is 39.1. The van der Waals surface area contributed by atoms with E-state index in [-0.39, 0.29) is 34.2 Å². The molecule has 2 fully saturated rings. The lowest BCUT2D eigenvalue weighted by Crippen LogP contribution is -2.55. The molecule has 1 atom stereocenters. The Morgan fingerprint density at radius 1 is 1.04 bits per heavy atom. The Kier molecular flexibility index (Phi) is 9.53. The van der Waals surface area contributed by atoms with Gasteiger partial charge in [0.25, 0.3) is 21.5 Å². The molecular weight excluding hydrogens is 665 g/mol. The number of aromatic nitrogens is 1. The standard InChI is InChI=1S/C33H37ClFN5O7S/c1-4-46-30-25(6-5-13-36-30)33(47-32(42)39-18-16-38(17-19-39)22-11-14-37(2)15-12-22)26-20-28(35)27(34)21-29(26)40(31(33)41)48(43,44)24-9-7-23(45-3)8-10-24/h5-10,13,20-22H,4,11-12,14-19H2,1-3H3. The molecule has 0 spiro atoms. The molecule has 0 N–H and O–H groups in total. The maximum absolute atomic E-state index is 15.3. The first-order chi connectivity index (χ1) is 23.0. The molecule has 15 heteroatoms. The van der Waals surface area contributed by atoms with Crippen LogP contribution in [0.1, 0.15) is 30.9 Å². The monoisotopic (exact) mass is 701 g/mol. The molecule has 2 saturated heterocycles. The first kappa shape index (κ1) is 33.9. The number of halogens is 2. The van der Waals surface area contributed by atoms with Gasteiger partial charge in [-0.15, -0.1) is 0 Å². The van der Waals surface area contributed by atoms with Crippen LogP contribution in [0.2, 0.25) is 5.02 Å². The predicted molar refractivity (Wildman–Crippen MR) is 175 cm³/mol. The van der Waals surface area contributed by atoms with Crippen molar-refractivity contribution in [1.29, 1.82) is 0 Å². The molecule has 2 amide bonds. The van der Waals surface area contributed by atoms with E-state index < -0.39 is 38.5 Å². The molecule has 1 aromatic heterocycles. The summed E-state index contributed by atoms with van der Waals surface area (Å²) < 4.78 is 61.5. The van der Waals surface area contributed by atoms with Crippen LogP contribution in [-0.4, -0.2) is 106 Å². The molecule has 256 valence electrons. The van der Waals surface area contributed by atoms with Gasteiger partial charge in [0.05, 0.1) is 34.9 Å². The zero-order valence-corrected chi connectivity index (χ0v) is 28.5. The third-order valence-electron chi connectivity index (χ3n) is 9.17. The maximum Gasteiger partial charge on any atom is 0.411 e. The second-order valence-electron chi connectivity index (χ2n) is 11.9. The zero-order chi connectivity index (χ0) is 34.2. The number of likely N-dealkylation sites (tertiary alicyclic amines) is 1. The van der Waals surface area contributed by atoms with Crippen LogP contribution in [0.5, 0.6) is 11.6 Å². The fraction of sp³-hybridized carbons (Fsp3) is 0.424. The van der Waals surface area contributed by atoms with E-state index in [9.17, 15) is 18.0 Å². The first-order valence-electron chi connectivity index (χ1n) is 15.7. The number of benzene rings is 2. The Labute approximate surface area is 284 Å². The van der Waals surface area contributed by atoms with Crippen molar-refractivity contribution in [3.63, 3.8) is 0 Å². The minimum atomic E-state index is -4.67. The van der Waals surface area contributed by atoms with Gasteiger partial charge in [-0.1, -0.05) is 11.6 Å². The highest BCUT2D eigenvalue weighted by Gasteiger charge is 2.61. The molecule has 48 heavy (non-hydrogen) atoms. The smallest absolute Gasteiger partial charge is 0.411 e. The number of rotatable bonds is 8. The van der Waals surface area contributed by atoms with Crippen LogP contribution in [0.15, 0.2) is 59.6 Å². The molecule has 3 aromatic rings. The quantitative estimate of drug-likeness (QED) is 0.339. The minimum absolute atomic E-state index is 0.0643. The highest BCUT2D eigenvalue weighted by atomic mass is 35.5. The molecule has 4 heterocycles. The molecule has 3 aliphatic rings. The molecule has 3 aliphatic heterocycles. The topological polar surface area (TPSA) is 122 Å². The summed E-state index contributed by atoms with van der Waals surface area (Å²) in [5.41, 5.74) is -3.07. The highest BCUT2D eigenvalue weighted by Crippen LogP contribution is 2.52. The van der Waals surface area contributed by atoms with Gasteiger partial charge in [0.1, 0.15) is 11.6 Å². The third kappa shape index (κ3) is 5.95. The number of fused-ring (bicyclic) bond motifs is 1. The van der Waals surface area contributed by atoms with Crippen molar-refractivity contribution in [2.45, 2.75) is 36.3 Å². The molecule has 1 unspecified atom stereocenters. The number of hydrogen-bond donors (Lipinski definition) is 0. The van der Waals surface area contributed by atoms with Gasteiger partial charge in [-0.3, -0.25) is 9.69 Å². The number of amides is 2. The molecule has 0 radical (unpaired) electrons. The molecule has 6 rings (SSSR count). The summed E-state index contributed by atoms with van der Waals surface area (Å²) in [5, 5.41) is -0.431. The van der Waals surface area contributed by atoms with Gasteiger partial charge in [-0.2, -0.15) is 4.31 Å². The van der Waals surface area contributed by atoms with E-state index in [0.717, 1.165) is 38.1 Å².